The first-order valence-corrected chi connectivity index (χ1v) is 5.80. The predicted octanol–water partition coefficient (Wildman–Crippen LogP) is 3.10. The summed E-state index contributed by atoms with van der Waals surface area (Å²) in [5.41, 5.74) is 0. The van der Waals surface area contributed by atoms with E-state index in [9.17, 15) is 4.79 Å². The van der Waals surface area contributed by atoms with Crippen molar-refractivity contribution in [2.45, 2.75) is 32.3 Å². The van der Waals surface area contributed by atoms with Gasteiger partial charge in [0.05, 0.1) is 6.10 Å². The van der Waals surface area contributed by atoms with Crippen LogP contribution in [0, 0.1) is 12.3 Å². The van der Waals surface area contributed by atoms with Crippen LogP contribution in [-0.4, -0.2) is 12.1 Å². The minimum Gasteiger partial charge on any atom is -0.458 e. The molecule has 0 aliphatic rings. The van der Waals surface area contributed by atoms with E-state index in [1.54, 1.807) is 6.07 Å². The topological polar surface area (TPSA) is 26.3 Å². The Balaban J connectivity index is 2.29. The molecule has 0 aliphatic heterocycles. The van der Waals surface area contributed by atoms with Gasteiger partial charge in [0.1, 0.15) is 4.88 Å². The molecule has 0 fully saturated rings. The highest BCUT2D eigenvalue weighted by Crippen LogP contribution is 2.13. The number of carbonyl (C=O) groups excluding carboxylic acids is 1. The maximum atomic E-state index is 11.5. The molecule has 0 saturated heterocycles. The number of terminal acetylenes is 1. The number of carbonyl (C=O) groups is 1. The van der Waals surface area contributed by atoms with Crippen LogP contribution in [-0.2, 0) is 4.74 Å². The second-order valence-corrected chi connectivity index (χ2v) is 4.24. The first kappa shape index (κ1) is 11.8. The molecule has 0 aromatic carbocycles. The van der Waals surface area contributed by atoms with E-state index in [0.29, 0.717) is 4.88 Å². The van der Waals surface area contributed by atoms with Crippen molar-refractivity contribution < 1.29 is 9.53 Å². The Morgan fingerprint density at radius 2 is 2.53 bits per heavy atom. The monoisotopic (exact) mass is 222 g/mol. The number of hydrogen-bond acceptors (Lipinski definition) is 3. The fourth-order valence-corrected chi connectivity index (χ4v) is 1.79. The van der Waals surface area contributed by atoms with Crippen molar-refractivity contribution in [1.82, 2.24) is 0 Å². The summed E-state index contributed by atoms with van der Waals surface area (Å²) in [7, 11) is 0. The summed E-state index contributed by atoms with van der Waals surface area (Å²) in [6.07, 6.45) is 7.53. The molecule has 1 aromatic rings. The minimum absolute atomic E-state index is 0.0621. The van der Waals surface area contributed by atoms with E-state index in [4.69, 9.17) is 11.2 Å². The molecule has 3 heteroatoms. The van der Waals surface area contributed by atoms with Gasteiger partial charge >= 0.3 is 5.97 Å². The Morgan fingerprint density at radius 3 is 3.13 bits per heavy atom. The molecule has 1 atom stereocenters. The molecule has 0 radical (unpaired) electrons. The molecule has 15 heavy (non-hydrogen) atoms. The number of thiophene rings is 1. The lowest BCUT2D eigenvalue weighted by atomic mass is 10.2. The van der Waals surface area contributed by atoms with E-state index < -0.39 is 0 Å². The Kier molecular flexibility index (Phi) is 4.92. The second-order valence-electron chi connectivity index (χ2n) is 3.29. The second kappa shape index (κ2) is 6.26. The van der Waals surface area contributed by atoms with Gasteiger partial charge in [0.15, 0.2) is 0 Å². The smallest absolute Gasteiger partial charge is 0.348 e. The largest absolute Gasteiger partial charge is 0.458 e. The Morgan fingerprint density at radius 1 is 1.73 bits per heavy atom. The van der Waals surface area contributed by atoms with Crippen LogP contribution < -0.4 is 0 Å². The molecule has 1 unspecified atom stereocenters. The number of esters is 1. The molecule has 0 N–H and O–H groups in total. The molecule has 80 valence electrons. The molecular weight excluding hydrogens is 208 g/mol. The zero-order chi connectivity index (χ0) is 11.1. The number of unbranched alkanes of at least 4 members (excludes halogenated alkanes) is 1. The van der Waals surface area contributed by atoms with E-state index in [2.05, 4.69) is 5.92 Å². The SMILES string of the molecule is C#CCCCC(C)OC(=O)c1cccs1. The molecule has 0 amide bonds. The first-order chi connectivity index (χ1) is 7.24. The van der Waals surface area contributed by atoms with E-state index in [1.165, 1.54) is 11.3 Å². The highest BCUT2D eigenvalue weighted by molar-refractivity contribution is 7.11. The average molecular weight is 222 g/mol. The van der Waals surface area contributed by atoms with Crippen LogP contribution in [0.5, 0.6) is 0 Å². The van der Waals surface area contributed by atoms with Gasteiger partial charge in [-0.3, -0.25) is 0 Å². The summed E-state index contributed by atoms with van der Waals surface area (Å²) >= 11 is 1.39. The zero-order valence-electron chi connectivity index (χ0n) is 8.73. The molecule has 1 heterocycles. The lowest BCUT2D eigenvalue weighted by Gasteiger charge is -2.11. The lowest BCUT2D eigenvalue weighted by Crippen LogP contribution is -2.13. The van der Waals surface area contributed by atoms with Gasteiger partial charge in [-0.2, -0.15) is 0 Å². The fraction of sp³-hybridized carbons (Fsp3) is 0.417. The van der Waals surface area contributed by atoms with Crippen molar-refractivity contribution in [3.63, 3.8) is 0 Å². The summed E-state index contributed by atoms with van der Waals surface area (Å²) in [5.74, 6) is 2.33. The summed E-state index contributed by atoms with van der Waals surface area (Å²) in [6.45, 7) is 1.89. The zero-order valence-corrected chi connectivity index (χ0v) is 9.55. The van der Waals surface area contributed by atoms with Crippen LogP contribution >= 0.6 is 11.3 Å². The van der Waals surface area contributed by atoms with E-state index in [0.717, 1.165) is 19.3 Å². The van der Waals surface area contributed by atoms with E-state index >= 15 is 0 Å². The number of rotatable bonds is 5. The van der Waals surface area contributed by atoms with Gasteiger partial charge in [-0.05, 0) is 31.2 Å². The number of hydrogen-bond donors (Lipinski definition) is 0. The summed E-state index contributed by atoms with van der Waals surface area (Å²) < 4.78 is 5.24. The molecular formula is C12H14O2S. The van der Waals surface area contributed by atoms with Gasteiger partial charge in [0.2, 0.25) is 0 Å². The molecule has 1 rings (SSSR count). The van der Waals surface area contributed by atoms with Crippen LogP contribution in [0.25, 0.3) is 0 Å². The highest BCUT2D eigenvalue weighted by atomic mass is 32.1. The third kappa shape index (κ3) is 4.18. The third-order valence-electron chi connectivity index (χ3n) is 1.96. The highest BCUT2D eigenvalue weighted by Gasteiger charge is 2.11. The van der Waals surface area contributed by atoms with Gasteiger partial charge < -0.3 is 4.74 Å². The quantitative estimate of drug-likeness (QED) is 0.435. The normalized spacial score (nSPS) is 11.7. The molecule has 0 spiro atoms. The van der Waals surface area contributed by atoms with Gasteiger partial charge in [0, 0.05) is 6.42 Å². The Labute approximate surface area is 94.3 Å². The van der Waals surface area contributed by atoms with Crippen LogP contribution in [0.4, 0.5) is 0 Å². The van der Waals surface area contributed by atoms with E-state index in [-0.39, 0.29) is 12.1 Å². The van der Waals surface area contributed by atoms with Gasteiger partial charge in [-0.15, -0.1) is 23.7 Å². The van der Waals surface area contributed by atoms with Crippen LogP contribution in [0.2, 0.25) is 0 Å². The Hall–Kier alpha value is -1.27. The summed E-state index contributed by atoms with van der Waals surface area (Å²) in [6, 6.07) is 3.60. The minimum atomic E-state index is -0.238. The van der Waals surface area contributed by atoms with Crippen LogP contribution in [0.3, 0.4) is 0 Å². The van der Waals surface area contributed by atoms with E-state index in [1.807, 2.05) is 18.4 Å². The van der Waals surface area contributed by atoms with Crippen molar-refractivity contribution in [3.05, 3.63) is 22.4 Å². The molecule has 0 aliphatic carbocycles. The maximum absolute atomic E-state index is 11.5. The summed E-state index contributed by atoms with van der Waals surface area (Å²) in [4.78, 5) is 12.1. The van der Waals surface area contributed by atoms with Crippen molar-refractivity contribution in [2.75, 3.05) is 0 Å². The van der Waals surface area contributed by atoms with Gasteiger partial charge in [0.25, 0.3) is 0 Å². The first-order valence-electron chi connectivity index (χ1n) is 4.92. The van der Waals surface area contributed by atoms with Crippen molar-refractivity contribution in [1.29, 1.82) is 0 Å². The van der Waals surface area contributed by atoms with Crippen molar-refractivity contribution >= 4 is 17.3 Å². The van der Waals surface area contributed by atoms with Crippen LogP contribution in [0.1, 0.15) is 35.9 Å². The third-order valence-corrected chi connectivity index (χ3v) is 2.81. The standard InChI is InChI=1S/C12H14O2S/c1-3-4-5-7-10(2)14-12(13)11-8-6-9-15-11/h1,6,8-10H,4-5,7H2,2H3. The number of ether oxygens (including phenoxy) is 1. The van der Waals surface area contributed by atoms with Crippen molar-refractivity contribution in [2.24, 2.45) is 0 Å². The molecule has 0 saturated carbocycles. The van der Waals surface area contributed by atoms with Gasteiger partial charge in [-0.25, -0.2) is 4.79 Å². The van der Waals surface area contributed by atoms with Crippen LogP contribution in [0.15, 0.2) is 17.5 Å². The summed E-state index contributed by atoms with van der Waals surface area (Å²) in [5, 5.41) is 1.86. The molecule has 1 aromatic heterocycles. The van der Waals surface area contributed by atoms with Gasteiger partial charge in [-0.1, -0.05) is 6.07 Å². The predicted molar refractivity (Wildman–Crippen MR) is 61.9 cm³/mol. The maximum Gasteiger partial charge on any atom is 0.348 e. The molecule has 2 nitrogen and oxygen atoms in total. The van der Waals surface area contributed by atoms with Crippen molar-refractivity contribution in [3.8, 4) is 12.3 Å². The average Bonchev–Trinajstić information content (AvgIpc) is 2.70. The molecule has 0 bridgehead atoms. The Bertz CT molecular complexity index is 335. The fourth-order valence-electron chi connectivity index (χ4n) is 1.19. The lowest BCUT2D eigenvalue weighted by molar-refractivity contribution is 0.0327.